The Morgan fingerprint density at radius 1 is 0.682 bits per heavy atom. The first-order valence-electron chi connectivity index (χ1n) is 8.13. The van der Waals surface area contributed by atoms with Crippen LogP contribution in [0.3, 0.4) is 0 Å². The number of rotatable bonds is 6. The highest BCUT2D eigenvalue weighted by atomic mass is 16.5. The number of phenols is 1. The fourth-order valence-electron chi connectivity index (χ4n) is 1.41. The van der Waals surface area contributed by atoms with Crippen LogP contribution in [0.4, 0.5) is 0 Å². The van der Waals surface area contributed by atoms with Gasteiger partial charge in [-0.1, -0.05) is 81.3 Å². The summed E-state index contributed by atoms with van der Waals surface area (Å²) in [5.74, 6) is 0.322. The SMILES string of the molecule is CCCCOCCCC.Oc1ccccc1.c1ccccc1. The van der Waals surface area contributed by atoms with Crippen LogP contribution in [0.15, 0.2) is 66.7 Å². The molecule has 0 amide bonds. The summed E-state index contributed by atoms with van der Waals surface area (Å²) in [7, 11) is 0. The summed E-state index contributed by atoms with van der Waals surface area (Å²) < 4.78 is 5.31. The third kappa shape index (κ3) is 16.3. The number of unbranched alkanes of at least 4 members (excludes halogenated alkanes) is 2. The van der Waals surface area contributed by atoms with E-state index < -0.39 is 0 Å². The van der Waals surface area contributed by atoms with Gasteiger partial charge in [-0.3, -0.25) is 0 Å². The molecule has 0 radical (unpaired) electrons. The molecule has 0 spiro atoms. The number of hydrogen-bond donors (Lipinski definition) is 1. The van der Waals surface area contributed by atoms with E-state index in [1.807, 2.05) is 42.5 Å². The van der Waals surface area contributed by atoms with Gasteiger partial charge in [-0.2, -0.15) is 0 Å². The zero-order valence-corrected chi connectivity index (χ0v) is 13.9. The number of ether oxygens (including phenoxy) is 1. The van der Waals surface area contributed by atoms with Crippen LogP contribution < -0.4 is 0 Å². The van der Waals surface area contributed by atoms with Crippen molar-refractivity contribution in [2.24, 2.45) is 0 Å². The van der Waals surface area contributed by atoms with Gasteiger partial charge < -0.3 is 9.84 Å². The van der Waals surface area contributed by atoms with Crippen molar-refractivity contribution in [3.63, 3.8) is 0 Å². The first-order chi connectivity index (χ1) is 10.8. The van der Waals surface area contributed by atoms with Crippen molar-refractivity contribution in [1.82, 2.24) is 0 Å². The van der Waals surface area contributed by atoms with Crippen LogP contribution in [0.5, 0.6) is 5.75 Å². The van der Waals surface area contributed by atoms with E-state index >= 15 is 0 Å². The van der Waals surface area contributed by atoms with Crippen LogP contribution in [-0.2, 0) is 4.74 Å². The maximum atomic E-state index is 8.63. The Hall–Kier alpha value is -1.80. The van der Waals surface area contributed by atoms with Gasteiger partial charge in [0.05, 0.1) is 0 Å². The molecule has 0 saturated heterocycles. The van der Waals surface area contributed by atoms with Crippen molar-refractivity contribution in [3.8, 4) is 5.75 Å². The second kappa shape index (κ2) is 17.3. The summed E-state index contributed by atoms with van der Waals surface area (Å²) in [6.45, 7) is 6.28. The molecule has 2 nitrogen and oxygen atoms in total. The molecule has 22 heavy (non-hydrogen) atoms. The molecular weight excluding hydrogens is 272 g/mol. The minimum Gasteiger partial charge on any atom is -0.508 e. The minimum absolute atomic E-state index is 0.322. The van der Waals surface area contributed by atoms with Gasteiger partial charge in [-0.05, 0) is 25.0 Å². The maximum absolute atomic E-state index is 8.63. The van der Waals surface area contributed by atoms with E-state index in [0.717, 1.165) is 13.2 Å². The Bertz CT molecular complexity index is 368. The second-order valence-corrected chi connectivity index (χ2v) is 4.81. The molecule has 2 heteroatoms. The van der Waals surface area contributed by atoms with E-state index in [2.05, 4.69) is 13.8 Å². The standard InChI is InChI=1S/C8H18O.C6H6O.C6H6/c1-3-5-7-9-8-6-4-2;7-6-4-2-1-3-5-6;1-2-4-6-5-3-1/h3-8H2,1-2H3;1-5,7H;1-6H. The molecule has 0 atom stereocenters. The minimum atomic E-state index is 0.322. The van der Waals surface area contributed by atoms with Crippen molar-refractivity contribution in [2.45, 2.75) is 39.5 Å². The molecule has 0 heterocycles. The van der Waals surface area contributed by atoms with E-state index in [1.54, 1.807) is 24.3 Å². The van der Waals surface area contributed by atoms with E-state index in [4.69, 9.17) is 9.84 Å². The lowest BCUT2D eigenvalue weighted by Crippen LogP contribution is -1.95. The topological polar surface area (TPSA) is 29.5 Å². The van der Waals surface area contributed by atoms with Gasteiger partial charge in [0.2, 0.25) is 0 Å². The quantitative estimate of drug-likeness (QED) is 0.695. The van der Waals surface area contributed by atoms with E-state index in [0.29, 0.717) is 5.75 Å². The summed E-state index contributed by atoms with van der Waals surface area (Å²) in [6.07, 6.45) is 4.91. The predicted molar refractivity (Wildman–Crippen MR) is 95.2 cm³/mol. The van der Waals surface area contributed by atoms with Gasteiger partial charge in [-0.25, -0.2) is 0 Å². The zero-order valence-electron chi connectivity index (χ0n) is 13.9. The summed E-state index contributed by atoms with van der Waals surface area (Å²) in [5, 5.41) is 8.63. The predicted octanol–water partition coefficient (Wildman–Crippen LogP) is 5.68. The molecule has 2 aromatic carbocycles. The Labute approximate surface area is 135 Å². The monoisotopic (exact) mass is 302 g/mol. The highest BCUT2D eigenvalue weighted by Gasteiger charge is 1.84. The highest BCUT2D eigenvalue weighted by Crippen LogP contribution is 2.02. The van der Waals surface area contributed by atoms with Gasteiger partial charge >= 0.3 is 0 Å². The molecule has 0 aliphatic heterocycles. The second-order valence-electron chi connectivity index (χ2n) is 4.81. The molecule has 0 saturated carbocycles. The third-order valence-corrected chi connectivity index (χ3v) is 2.71. The van der Waals surface area contributed by atoms with Gasteiger partial charge in [0.15, 0.2) is 0 Å². The molecule has 1 N–H and O–H groups in total. The molecule has 0 aromatic heterocycles. The van der Waals surface area contributed by atoms with Crippen LogP contribution in [-0.4, -0.2) is 18.3 Å². The van der Waals surface area contributed by atoms with Crippen molar-refractivity contribution in [2.75, 3.05) is 13.2 Å². The summed E-state index contributed by atoms with van der Waals surface area (Å²) in [5.41, 5.74) is 0. The molecule has 0 aliphatic carbocycles. The molecule has 0 aliphatic rings. The average molecular weight is 302 g/mol. The molecule has 122 valence electrons. The van der Waals surface area contributed by atoms with E-state index in [9.17, 15) is 0 Å². The Morgan fingerprint density at radius 2 is 1.05 bits per heavy atom. The van der Waals surface area contributed by atoms with Crippen molar-refractivity contribution in [3.05, 3.63) is 66.7 Å². The Kier molecular flexibility index (Phi) is 15.8. The third-order valence-electron chi connectivity index (χ3n) is 2.71. The van der Waals surface area contributed by atoms with Crippen LogP contribution >= 0.6 is 0 Å². The summed E-state index contributed by atoms with van der Waals surface area (Å²) >= 11 is 0. The van der Waals surface area contributed by atoms with Crippen molar-refractivity contribution < 1.29 is 9.84 Å². The number of para-hydroxylation sites is 1. The van der Waals surface area contributed by atoms with Gasteiger partial charge in [0.1, 0.15) is 5.75 Å². The van der Waals surface area contributed by atoms with Crippen LogP contribution in [0.25, 0.3) is 0 Å². The molecule has 0 unspecified atom stereocenters. The van der Waals surface area contributed by atoms with Crippen molar-refractivity contribution in [1.29, 1.82) is 0 Å². The Morgan fingerprint density at radius 3 is 1.32 bits per heavy atom. The maximum Gasteiger partial charge on any atom is 0.115 e. The normalized spacial score (nSPS) is 9.00. The highest BCUT2D eigenvalue weighted by molar-refractivity contribution is 5.18. The molecule has 2 aromatic rings. The van der Waals surface area contributed by atoms with Gasteiger partial charge in [-0.15, -0.1) is 0 Å². The van der Waals surface area contributed by atoms with Crippen LogP contribution in [0.1, 0.15) is 39.5 Å². The lowest BCUT2D eigenvalue weighted by Gasteiger charge is -1.99. The van der Waals surface area contributed by atoms with Crippen molar-refractivity contribution >= 4 is 0 Å². The summed E-state index contributed by atoms with van der Waals surface area (Å²) in [4.78, 5) is 0. The summed E-state index contributed by atoms with van der Waals surface area (Å²) in [6, 6.07) is 20.7. The molecule has 0 bridgehead atoms. The first kappa shape index (κ1) is 20.2. The molecule has 2 rings (SSSR count). The van der Waals surface area contributed by atoms with E-state index in [1.165, 1.54) is 25.7 Å². The zero-order chi connectivity index (χ0) is 16.3. The molecular formula is C20H30O2. The largest absolute Gasteiger partial charge is 0.508 e. The van der Waals surface area contributed by atoms with Crippen LogP contribution in [0.2, 0.25) is 0 Å². The number of hydrogen-bond acceptors (Lipinski definition) is 2. The number of aromatic hydroxyl groups is 1. The Balaban J connectivity index is 0.000000306. The molecule has 0 fully saturated rings. The van der Waals surface area contributed by atoms with E-state index in [-0.39, 0.29) is 0 Å². The average Bonchev–Trinajstić information content (AvgIpc) is 2.58. The number of phenolic OH excluding ortho intramolecular Hbond substituents is 1. The first-order valence-corrected chi connectivity index (χ1v) is 8.13. The lowest BCUT2D eigenvalue weighted by atomic mass is 10.3. The van der Waals surface area contributed by atoms with Gasteiger partial charge in [0, 0.05) is 13.2 Å². The smallest absolute Gasteiger partial charge is 0.115 e. The number of benzene rings is 2. The van der Waals surface area contributed by atoms with Crippen LogP contribution in [0, 0.1) is 0 Å². The fourth-order valence-corrected chi connectivity index (χ4v) is 1.41. The lowest BCUT2D eigenvalue weighted by molar-refractivity contribution is 0.128. The fraction of sp³-hybridized carbons (Fsp3) is 0.400. The van der Waals surface area contributed by atoms with Gasteiger partial charge in [0.25, 0.3) is 0 Å².